The molecular weight excluding hydrogens is 597 g/mol. The lowest BCUT2D eigenvalue weighted by atomic mass is 9.78. The molecule has 2 aromatic carbocycles. The van der Waals surface area contributed by atoms with Crippen LogP contribution < -0.4 is 9.05 Å². The molecule has 0 spiro atoms. The maximum Gasteiger partial charge on any atom is 0.419 e. The molecule has 238 valence electrons. The Morgan fingerprint density at radius 1 is 0.548 bits per heavy atom. The summed E-state index contributed by atoms with van der Waals surface area (Å²) >= 11 is 0. The molecule has 0 heterocycles. The van der Waals surface area contributed by atoms with Crippen molar-refractivity contribution in [2.24, 2.45) is 0 Å². The summed E-state index contributed by atoms with van der Waals surface area (Å²) in [6.07, 6.45) is -0.869. The van der Waals surface area contributed by atoms with E-state index in [2.05, 4.69) is 0 Å². The van der Waals surface area contributed by atoms with Gasteiger partial charge in [-0.2, -0.15) is 0 Å². The number of hydrogen-bond acceptors (Lipinski definition) is 5. The van der Waals surface area contributed by atoms with Gasteiger partial charge in [-0.25, -0.2) is 4.57 Å². The Morgan fingerprint density at radius 2 is 0.762 bits per heavy atom. The Morgan fingerprint density at radius 3 is 0.929 bits per heavy atom. The van der Waals surface area contributed by atoms with Gasteiger partial charge in [0.05, 0.1) is 12.3 Å². The van der Waals surface area contributed by atoms with Crippen LogP contribution in [0.25, 0.3) is 0 Å². The van der Waals surface area contributed by atoms with Crippen LogP contribution in [-0.4, -0.2) is 19.6 Å². The van der Waals surface area contributed by atoms with Gasteiger partial charge < -0.3 is 28.6 Å². The highest BCUT2D eigenvalue weighted by molar-refractivity contribution is 7.51. The van der Waals surface area contributed by atoms with Crippen molar-refractivity contribution in [1.29, 1.82) is 0 Å². The van der Waals surface area contributed by atoms with Gasteiger partial charge in [0.15, 0.2) is 0 Å². The van der Waals surface area contributed by atoms with E-state index in [1.54, 1.807) is 24.3 Å². The molecule has 0 unspecified atom stereocenters. The van der Waals surface area contributed by atoms with Crippen LogP contribution in [0.3, 0.4) is 0 Å². The van der Waals surface area contributed by atoms with Crippen LogP contribution in [0, 0.1) is 0 Å². The molecule has 0 fully saturated rings. The van der Waals surface area contributed by atoms with E-state index >= 15 is 0 Å². The second-order valence-electron chi connectivity index (χ2n) is 15.1. The van der Waals surface area contributed by atoms with Gasteiger partial charge in [0, 0.05) is 22.3 Å². The minimum Gasteiger partial charge on any atom is -0.417 e. The first-order valence-corrected chi connectivity index (χ1v) is 18.7. The van der Waals surface area contributed by atoms with Crippen molar-refractivity contribution < 1.29 is 42.3 Å². The van der Waals surface area contributed by atoms with E-state index in [1.165, 1.54) is 0 Å². The van der Waals surface area contributed by atoms with Crippen molar-refractivity contribution in [2.45, 2.75) is 117 Å². The van der Waals surface area contributed by atoms with Gasteiger partial charge in [0.1, 0.15) is 11.5 Å². The molecule has 0 amide bonds. The Bertz CT molecular complexity index is 1250. The number of hydrogen-bond donors (Lipinski definition) is 4. The van der Waals surface area contributed by atoms with E-state index in [0.29, 0.717) is 44.9 Å². The zero-order valence-corrected chi connectivity index (χ0v) is 29.7. The van der Waals surface area contributed by atoms with Crippen molar-refractivity contribution in [1.82, 2.24) is 0 Å². The maximum atomic E-state index is 13.8. The third-order valence-corrected chi connectivity index (χ3v) is 8.97. The summed E-state index contributed by atoms with van der Waals surface area (Å²) in [5.74, 6) is 0.696. The highest BCUT2D eigenvalue weighted by Gasteiger charge is 2.33. The van der Waals surface area contributed by atoms with Crippen LogP contribution in [0.2, 0.25) is 0 Å². The molecule has 0 bridgehead atoms. The molecule has 0 aliphatic heterocycles. The van der Waals surface area contributed by atoms with Crippen molar-refractivity contribution >= 4 is 23.4 Å². The molecule has 12 heteroatoms. The Balaban J connectivity index is 2.77. The normalized spacial score (nSPS) is 13.9. The van der Waals surface area contributed by atoms with E-state index < -0.39 is 57.4 Å². The first-order chi connectivity index (χ1) is 18.5. The molecule has 0 atom stereocenters. The fraction of sp³-hybridized carbons (Fsp3) is 0.600. The molecule has 42 heavy (non-hydrogen) atoms. The van der Waals surface area contributed by atoms with Crippen molar-refractivity contribution in [3.63, 3.8) is 0 Å². The summed E-state index contributed by atoms with van der Waals surface area (Å²) in [4.78, 5) is 38.7. The zero-order chi connectivity index (χ0) is 32.9. The maximum absolute atomic E-state index is 13.8. The molecule has 0 saturated carbocycles. The van der Waals surface area contributed by atoms with Crippen LogP contribution in [0.1, 0.15) is 116 Å². The molecule has 0 aliphatic carbocycles. The number of rotatable bonds is 8. The molecule has 2 aromatic rings. The predicted molar refractivity (Wildman–Crippen MR) is 169 cm³/mol. The molecule has 0 aliphatic rings. The molecule has 9 nitrogen and oxygen atoms in total. The molecule has 2 rings (SSSR count). The first-order valence-electron chi connectivity index (χ1n) is 13.8. The number of benzene rings is 2. The van der Waals surface area contributed by atoms with Crippen LogP contribution in [0.5, 0.6) is 11.5 Å². The third kappa shape index (κ3) is 10.3. The molecule has 0 radical (unpaired) electrons. The summed E-state index contributed by atoms with van der Waals surface area (Å²) in [5.41, 5.74) is 1.37. The van der Waals surface area contributed by atoms with Gasteiger partial charge in [-0.3, -0.25) is 9.13 Å². The quantitative estimate of drug-likeness (QED) is 0.209. The monoisotopic (exact) mass is 646 g/mol. The van der Waals surface area contributed by atoms with Crippen molar-refractivity contribution in [3.8, 4) is 11.5 Å². The van der Waals surface area contributed by atoms with Gasteiger partial charge >= 0.3 is 23.4 Å². The SMILES string of the molecule is CC(C)(C)c1cc(CP(=O)(O)O)cc(C(C)(C)C)c1O[PH](=O)Oc1c(C(C)(C)C)cc(CP(=O)(O)O)cc1C(C)(C)C. The Labute approximate surface area is 251 Å². The van der Waals surface area contributed by atoms with Crippen molar-refractivity contribution in [2.75, 3.05) is 0 Å². The Kier molecular flexibility index (Phi) is 10.6. The summed E-state index contributed by atoms with van der Waals surface area (Å²) < 4.78 is 49.9. The van der Waals surface area contributed by atoms with Gasteiger partial charge in [-0.1, -0.05) is 107 Å². The molecule has 4 N–H and O–H groups in total. The van der Waals surface area contributed by atoms with Crippen molar-refractivity contribution in [3.05, 3.63) is 57.6 Å². The Hall–Kier alpha value is -1.43. The van der Waals surface area contributed by atoms with Gasteiger partial charge in [0.25, 0.3) is 0 Å². The van der Waals surface area contributed by atoms with E-state index in [-0.39, 0.29) is 0 Å². The minimum absolute atomic E-state index is 0.348. The lowest BCUT2D eigenvalue weighted by molar-refractivity contribution is 0.369. The molecular formula is C30H49O9P3. The zero-order valence-electron chi connectivity index (χ0n) is 26.9. The second-order valence-corrected chi connectivity index (χ2v) is 19.3. The predicted octanol–water partition coefficient (Wildman–Crippen LogP) is 8.08. The van der Waals surface area contributed by atoms with E-state index in [9.17, 15) is 33.3 Å². The lowest BCUT2D eigenvalue weighted by Crippen LogP contribution is -2.21. The first kappa shape index (κ1) is 36.8. The second kappa shape index (κ2) is 12.2. The summed E-state index contributed by atoms with van der Waals surface area (Å²) in [7, 11) is -12.0. The smallest absolute Gasteiger partial charge is 0.417 e. The van der Waals surface area contributed by atoms with Crippen LogP contribution in [0.15, 0.2) is 24.3 Å². The lowest BCUT2D eigenvalue weighted by Gasteiger charge is -2.32. The summed E-state index contributed by atoms with van der Waals surface area (Å²) in [5, 5.41) is 0. The fourth-order valence-electron chi connectivity index (χ4n) is 4.67. The van der Waals surface area contributed by atoms with Gasteiger partial charge in [0.2, 0.25) is 0 Å². The van der Waals surface area contributed by atoms with Crippen LogP contribution >= 0.6 is 23.4 Å². The third-order valence-electron chi connectivity index (χ3n) is 6.68. The largest absolute Gasteiger partial charge is 0.419 e. The average Bonchev–Trinajstić information content (AvgIpc) is 2.70. The minimum atomic E-state index is -4.35. The summed E-state index contributed by atoms with van der Waals surface area (Å²) in [6.45, 7) is 23.3. The van der Waals surface area contributed by atoms with E-state index in [0.717, 1.165) is 0 Å². The van der Waals surface area contributed by atoms with E-state index in [1.807, 2.05) is 83.1 Å². The van der Waals surface area contributed by atoms with Crippen LogP contribution in [-0.2, 0) is 47.7 Å². The van der Waals surface area contributed by atoms with Crippen LogP contribution in [0.4, 0.5) is 0 Å². The average molecular weight is 647 g/mol. The van der Waals surface area contributed by atoms with E-state index in [4.69, 9.17) is 9.05 Å². The highest BCUT2D eigenvalue weighted by atomic mass is 31.2. The van der Waals surface area contributed by atoms with Gasteiger partial charge in [-0.05, 0) is 32.8 Å². The summed E-state index contributed by atoms with van der Waals surface area (Å²) in [6, 6.07) is 6.77. The van der Waals surface area contributed by atoms with Gasteiger partial charge in [-0.15, -0.1) is 0 Å². The standard InChI is InChI=1S/C30H49O9P3/c1-27(2,3)21-13-19(17-41(32,33)34)14-22(28(4,5)6)25(21)38-40(31)39-26-23(29(7,8)9)15-20(18-42(35,36)37)16-24(26)30(10,11)12/h13-16,40H,17-18H2,1-12H3,(H2,32,33,34)(H2,35,36,37). The topological polar surface area (TPSA) is 151 Å². The molecule has 0 aromatic heterocycles. The fourth-order valence-corrected chi connectivity index (χ4v) is 6.80. The molecule has 0 saturated heterocycles. The highest BCUT2D eigenvalue weighted by Crippen LogP contribution is 2.50.